The molecule has 0 saturated carbocycles. The van der Waals surface area contributed by atoms with E-state index in [-0.39, 0.29) is 5.82 Å². The average molecular weight is 196 g/mol. The monoisotopic (exact) mass is 196 g/mol. The largest absolute Gasteiger partial charge is 0.207 e. The van der Waals surface area contributed by atoms with E-state index in [1.807, 2.05) is 6.07 Å². The molecule has 2 heteroatoms. The third-order valence-electron chi connectivity index (χ3n) is 2.27. The number of rotatable bonds is 1. The van der Waals surface area contributed by atoms with Crippen LogP contribution in [0.5, 0.6) is 0 Å². The highest BCUT2D eigenvalue weighted by molar-refractivity contribution is 5.94. The van der Waals surface area contributed by atoms with E-state index in [0.29, 0.717) is 10.9 Å². The lowest BCUT2D eigenvalue weighted by Crippen LogP contribution is -1.85. The third kappa shape index (κ3) is 1.49. The summed E-state index contributed by atoms with van der Waals surface area (Å²) < 4.78 is 13.0. The first kappa shape index (κ1) is 9.42. The number of nitrogens with zero attached hydrogens (tertiary/aromatic N) is 1. The van der Waals surface area contributed by atoms with E-state index in [1.165, 1.54) is 12.1 Å². The van der Waals surface area contributed by atoms with Crippen molar-refractivity contribution in [2.75, 3.05) is 0 Å². The van der Waals surface area contributed by atoms with Gasteiger partial charge in [-0.25, -0.2) is 4.39 Å². The zero-order valence-corrected chi connectivity index (χ0v) is 7.92. The molecule has 2 aromatic rings. The Morgan fingerprint density at radius 2 is 2.20 bits per heavy atom. The molecule has 0 fully saturated rings. The Kier molecular flexibility index (Phi) is 2.23. The molecular weight excluding hydrogens is 189 g/mol. The van der Waals surface area contributed by atoms with Crippen LogP contribution in [0.4, 0.5) is 4.39 Å². The summed E-state index contributed by atoms with van der Waals surface area (Å²) >= 11 is 0. The lowest BCUT2D eigenvalue weighted by molar-refractivity contribution is 0.629. The number of halogens is 1. The fraction of sp³-hybridized carbons (Fsp3) is 0. The standard InChI is InChI=1S/C13H7FN/c1-2-9-3-4-10(8-15)13-7-11(14)5-6-12(9)13/h2-3,5-7H,1H2. The molecule has 0 atom stereocenters. The highest BCUT2D eigenvalue weighted by Crippen LogP contribution is 2.23. The van der Waals surface area contributed by atoms with Crippen LogP contribution in [-0.4, -0.2) is 0 Å². The number of fused-ring (bicyclic) bond motifs is 1. The third-order valence-corrected chi connectivity index (χ3v) is 2.27. The van der Waals surface area contributed by atoms with Gasteiger partial charge in [-0.3, -0.25) is 0 Å². The Hall–Kier alpha value is -2.14. The van der Waals surface area contributed by atoms with Gasteiger partial charge in [-0.15, -0.1) is 0 Å². The molecule has 1 radical (unpaired) electrons. The van der Waals surface area contributed by atoms with Crippen molar-refractivity contribution in [3.63, 3.8) is 0 Å². The van der Waals surface area contributed by atoms with Gasteiger partial charge in [0.05, 0.1) is 5.56 Å². The highest BCUT2D eigenvalue weighted by atomic mass is 19.1. The fourth-order valence-corrected chi connectivity index (χ4v) is 1.54. The SMILES string of the molecule is C=Cc1c[c]c(C#N)c2cc(F)ccc12. The van der Waals surface area contributed by atoms with Crippen LogP contribution in [0.3, 0.4) is 0 Å². The zero-order chi connectivity index (χ0) is 10.8. The van der Waals surface area contributed by atoms with Gasteiger partial charge in [0.15, 0.2) is 0 Å². The van der Waals surface area contributed by atoms with Gasteiger partial charge in [0.2, 0.25) is 0 Å². The summed E-state index contributed by atoms with van der Waals surface area (Å²) in [5, 5.41) is 10.3. The highest BCUT2D eigenvalue weighted by Gasteiger charge is 2.05. The second-order valence-corrected chi connectivity index (χ2v) is 3.12. The van der Waals surface area contributed by atoms with E-state index in [0.717, 1.165) is 10.9 Å². The number of nitriles is 1. The lowest BCUT2D eigenvalue weighted by Gasteiger charge is -2.03. The minimum absolute atomic E-state index is 0.353. The summed E-state index contributed by atoms with van der Waals surface area (Å²) in [5.41, 5.74) is 1.21. The second-order valence-electron chi connectivity index (χ2n) is 3.12. The van der Waals surface area contributed by atoms with Crippen LogP contribution < -0.4 is 0 Å². The van der Waals surface area contributed by atoms with Crippen molar-refractivity contribution in [2.24, 2.45) is 0 Å². The van der Waals surface area contributed by atoms with Gasteiger partial charge in [0.25, 0.3) is 0 Å². The summed E-state index contributed by atoms with van der Waals surface area (Å²) in [6, 6.07) is 10.9. The first-order valence-electron chi connectivity index (χ1n) is 4.42. The van der Waals surface area contributed by atoms with Crippen molar-refractivity contribution in [1.82, 2.24) is 0 Å². The smallest absolute Gasteiger partial charge is 0.123 e. The van der Waals surface area contributed by atoms with Crippen LogP contribution in [0.15, 0.2) is 30.8 Å². The van der Waals surface area contributed by atoms with E-state index in [2.05, 4.69) is 12.6 Å². The van der Waals surface area contributed by atoms with E-state index >= 15 is 0 Å². The Balaban J connectivity index is 2.94. The van der Waals surface area contributed by atoms with Crippen molar-refractivity contribution in [2.45, 2.75) is 0 Å². The van der Waals surface area contributed by atoms with Crippen LogP contribution in [0, 0.1) is 23.2 Å². The molecule has 0 heterocycles. The molecule has 1 nitrogen and oxygen atoms in total. The maximum absolute atomic E-state index is 13.0. The van der Waals surface area contributed by atoms with Gasteiger partial charge >= 0.3 is 0 Å². The molecular formula is C13H7FN. The van der Waals surface area contributed by atoms with Crippen LogP contribution >= 0.6 is 0 Å². The molecule has 2 rings (SSSR count). The minimum atomic E-state index is -0.353. The predicted octanol–water partition coefficient (Wildman–Crippen LogP) is 3.29. The van der Waals surface area contributed by atoms with E-state index < -0.39 is 0 Å². The Morgan fingerprint density at radius 3 is 2.87 bits per heavy atom. The summed E-state index contributed by atoms with van der Waals surface area (Å²) in [6.45, 7) is 3.66. The molecule has 0 aromatic heterocycles. The van der Waals surface area contributed by atoms with E-state index in [4.69, 9.17) is 5.26 Å². The Bertz CT molecular complexity index is 579. The summed E-state index contributed by atoms with van der Waals surface area (Å²) in [6.07, 6.45) is 1.66. The first-order chi connectivity index (χ1) is 7.26. The summed E-state index contributed by atoms with van der Waals surface area (Å²) in [4.78, 5) is 0. The molecule has 0 aliphatic rings. The Labute approximate surface area is 87.1 Å². The number of hydrogen-bond acceptors (Lipinski definition) is 1. The molecule has 0 unspecified atom stereocenters. The van der Waals surface area contributed by atoms with E-state index in [9.17, 15) is 4.39 Å². The van der Waals surface area contributed by atoms with Crippen molar-refractivity contribution in [1.29, 1.82) is 5.26 Å². The molecule has 0 spiro atoms. The van der Waals surface area contributed by atoms with Crippen molar-refractivity contribution in [3.8, 4) is 6.07 Å². The molecule has 71 valence electrons. The Morgan fingerprint density at radius 1 is 1.40 bits per heavy atom. The van der Waals surface area contributed by atoms with Crippen molar-refractivity contribution in [3.05, 3.63) is 53.9 Å². The van der Waals surface area contributed by atoms with Gasteiger partial charge in [-0.1, -0.05) is 18.7 Å². The van der Waals surface area contributed by atoms with Crippen LogP contribution in [0.25, 0.3) is 16.8 Å². The maximum atomic E-state index is 13.0. The van der Waals surface area contributed by atoms with Crippen LogP contribution in [0.2, 0.25) is 0 Å². The average Bonchev–Trinajstić information content (AvgIpc) is 2.27. The molecule has 0 aliphatic carbocycles. The van der Waals surface area contributed by atoms with Gasteiger partial charge < -0.3 is 0 Å². The zero-order valence-electron chi connectivity index (χ0n) is 7.92. The van der Waals surface area contributed by atoms with Gasteiger partial charge in [-0.05, 0) is 29.1 Å². The van der Waals surface area contributed by atoms with Gasteiger partial charge in [-0.2, -0.15) is 5.26 Å². The maximum Gasteiger partial charge on any atom is 0.123 e. The summed E-state index contributed by atoms with van der Waals surface area (Å²) in [7, 11) is 0. The van der Waals surface area contributed by atoms with Gasteiger partial charge in [0, 0.05) is 11.5 Å². The minimum Gasteiger partial charge on any atom is -0.207 e. The number of benzene rings is 2. The first-order valence-corrected chi connectivity index (χ1v) is 4.42. The predicted molar refractivity (Wildman–Crippen MR) is 57.5 cm³/mol. The molecule has 15 heavy (non-hydrogen) atoms. The molecule has 0 amide bonds. The lowest BCUT2D eigenvalue weighted by atomic mass is 10.00. The normalized spacial score (nSPS) is 9.87. The van der Waals surface area contributed by atoms with Crippen molar-refractivity contribution < 1.29 is 4.39 Å². The topological polar surface area (TPSA) is 23.8 Å². The number of hydrogen-bond donors (Lipinski definition) is 0. The molecule has 0 aliphatic heterocycles. The molecule has 0 bridgehead atoms. The molecule has 2 aromatic carbocycles. The van der Waals surface area contributed by atoms with Crippen molar-refractivity contribution >= 4 is 16.8 Å². The van der Waals surface area contributed by atoms with E-state index in [1.54, 1.807) is 18.2 Å². The quantitative estimate of drug-likeness (QED) is 0.686. The fourth-order valence-electron chi connectivity index (χ4n) is 1.54. The molecule has 0 N–H and O–H groups in total. The second kappa shape index (κ2) is 3.55. The summed E-state index contributed by atoms with van der Waals surface area (Å²) in [5.74, 6) is -0.353. The van der Waals surface area contributed by atoms with Crippen LogP contribution in [-0.2, 0) is 0 Å². The van der Waals surface area contributed by atoms with Gasteiger partial charge in [0.1, 0.15) is 11.9 Å². The molecule has 0 saturated heterocycles. The van der Waals surface area contributed by atoms with Crippen LogP contribution in [0.1, 0.15) is 11.1 Å².